The summed E-state index contributed by atoms with van der Waals surface area (Å²) >= 11 is 0. The minimum absolute atomic E-state index is 0.0878. The molecule has 2 N–H and O–H groups in total. The number of nitrogens with zero attached hydrogens (tertiary/aromatic N) is 2. The molecule has 0 spiro atoms. The van der Waals surface area contributed by atoms with Crippen LogP contribution in [-0.4, -0.2) is 17.1 Å². The monoisotopic (exact) mass is 237 g/mol. The fraction of sp³-hybridized carbons (Fsp3) is 0.692. The highest BCUT2D eigenvalue weighted by molar-refractivity contribution is 5.21. The van der Waals surface area contributed by atoms with Gasteiger partial charge >= 0.3 is 0 Å². The Balaban J connectivity index is 2.81. The van der Waals surface area contributed by atoms with E-state index >= 15 is 0 Å². The van der Waals surface area contributed by atoms with E-state index in [1.54, 1.807) is 19.5 Å². The molecule has 1 rings (SSSR count). The van der Waals surface area contributed by atoms with Crippen molar-refractivity contribution in [2.45, 2.75) is 45.6 Å². The Kier molecular flexibility index (Phi) is 5.91. The van der Waals surface area contributed by atoms with Crippen molar-refractivity contribution in [1.29, 1.82) is 0 Å². The number of methoxy groups -OCH3 is 1. The maximum absolute atomic E-state index is 6.28. The Morgan fingerprint density at radius 1 is 1.29 bits per heavy atom. The predicted octanol–water partition coefficient (Wildman–Crippen LogP) is 2.70. The Bertz CT molecular complexity index is 330. The van der Waals surface area contributed by atoms with Crippen molar-refractivity contribution in [3.8, 4) is 5.88 Å². The van der Waals surface area contributed by atoms with Crippen LogP contribution in [0.15, 0.2) is 12.4 Å². The highest BCUT2D eigenvalue weighted by atomic mass is 16.5. The van der Waals surface area contributed by atoms with Crippen molar-refractivity contribution in [3.63, 3.8) is 0 Å². The normalized spacial score (nSPS) is 14.4. The second kappa shape index (κ2) is 7.22. The summed E-state index contributed by atoms with van der Waals surface area (Å²) in [6.07, 6.45) is 7.89. The smallest absolute Gasteiger partial charge is 0.236 e. The van der Waals surface area contributed by atoms with Gasteiger partial charge in [-0.25, -0.2) is 4.98 Å². The zero-order valence-corrected chi connectivity index (χ0v) is 11.0. The van der Waals surface area contributed by atoms with E-state index in [0.717, 1.165) is 18.5 Å². The van der Waals surface area contributed by atoms with Crippen molar-refractivity contribution >= 4 is 0 Å². The molecular formula is C13H23N3O. The number of nitrogens with two attached hydrogens (primary N) is 1. The molecule has 0 saturated heterocycles. The SMILES string of the molecule is CCCCC(CC)C(N)c1nccnc1OC. The number of hydrogen-bond acceptors (Lipinski definition) is 4. The van der Waals surface area contributed by atoms with Gasteiger partial charge < -0.3 is 10.5 Å². The molecule has 1 aromatic heterocycles. The number of aromatic nitrogens is 2. The molecule has 0 amide bonds. The molecule has 2 unspecified atom stereocenters. The molecule has 0 radical (unpaired) electrons. The van der Waals surface area contributed by atoms with Crippen LogP contribution in [-0.2, 0) is 0 Å². The van der Waals surface area contributed by atoms with Crippen LogP contribution in [0.2, 0.25) is 0 Å². The van der Waals surface area contributed by atoms with Crippen LogP contribution in [0.1, 0.15) is 51.3 Å². The van der Waals surface area contributed by atoms with E-state index in [4.69, 9.17) is 10.5 Å². The summed E-state index contributed by atoms with van der Waals surface area (Å²) < 4.78 is 5.21. The first-order valence-corrected chi connectivity index (χ1v) is 6.35. The van der Waals surface area contributed by atoms with Crippen molar-refractivity contribution in [1.82, 2.24) is 9.97 Å². The minimum Gasteiger partial charge on any atom is -0.480 e. The van der Waals surface area contributed by atoms with Crippen LogP contribution in [0.4, 0.5) is 0 Å². The van der Waals surface area contributed by atoms with Gasteiger partial charge in [-0.05, 0) is 12.3 Å². The van der Waals surface area contributed by atoms with Gasteiger partial charge in [0.15, 0.2) is 0 Å². The summed E-state index contributed by atoms with van der Waals surface area (Å²) in [5.74, 6) is 0.996. The molecule has 0 aliphatic heterocycles. The molecule has 1 aromatic rings. The van der Waals surface area contributed by atoms with Crippen LogP contribution >= 0.6 is 0 Å². The average Bonchev–Trinajstić information content (AvgIpc) is 2.39. The lowest BCUT2D eigenvalue weighted by Gasteiger charge is -2.22. The summed E-state index contributed by atoms with van der Waals surface area (Å²) in [5, 5.41) is 0. The van der Waals surface area contributed by atoms with Crippen molar-refractivity contribution in [3.05, 3.63) is 18.1 Å². The fourth-order valence-electron chi connectivity index (χ4n) is 2.05. The van der Waals surface area contributed by atoms with Gasteiger partial charge in [-0.15, -0.1) is 0 Å². The van der Waals surface area contributed by atoms with Gasteiger partial charge in [-0.1, -0.05) is 33.1 Å². The quantitative estimate of drug-likeness (QED) is 0.792. The topological polar surface area (TPSA) is 61.0 Å². The van der Waals surface area contributed by atoms with Crippen LogP contribution in [0, 0.1) is 5.92 Å². The van der Waals surface area contributed by atoms with E-state index in [9.17, 15) is 0 Å². The predicted molar refractivity (Wildman–Crippen MR) is 68.8 cm³/mol. The first-order chi connectivity index (χ1) is 8.24. The minimum atomic E-state index is -0.0878. The van der Waals surface area contributed by atoms with Gasteiger partial charge in [0, 0.05) is 12.4 Å². The van der Waals surface area contributed by atoms with E-state index in [-0.39, 0.29) is 6.04 Å². The van der Waals surface area contributed by atoms with E-state index in [0.29, 0.717) is 11.8 Å². The zero-order valence-electron chi connectivity index (χ0n) is 11.0. The molecule has 96 valence electrons. The summed E-state index contributed by atoms with van der Waals surface area (Å²) in [4.78, 5) is 8.46. The van der Waals surface area contributed by atoms with Crippen LogP contribution < -0.4 is 10.5 Å². The first kappa shape index (κ1) is 13.9. The van der Waals surface area contributed by atoms with E-state index < -0.39 is 0 Å². The molecule has 0 aliphatic carbocycles. The number of unbranched alkanes of at least 4 members (excludes halogenated alkanes) is 1. The molecule has 0 aliphatic rings. The Morgan fingerprint density at radius 3 is 2.59 bits per heavy atom. The molecule has 17 heavy (non-hydrogen) atoms. The fourth-order valence-corrected chi connectivity index (χ4v) is 2.05. The second-order valence-corrected chi connectivity index (χ2v) is 4.29. The van der Waals surface area contributed by atoms with Crippen molar-refractivity contribution in [2.75, 3.05) is 7.11 Å². The summed E-state index contributed by atoms with van der Waals surface area (Å²) in [7, 11) is 1.60. The van der Waals surface area contributed by atoms with Crippen molar-refractivity contribution in [2.24, 2.45) is 11.7 Å². The van der Waals surface area contributed by atoms with E-state index in [2.05, 4.69) is 23.8 Å². The Morgan fingerprint density at radius 2 is 2.00 bits per heavy atom. The molecule has 1 heterocycles. The third-order valence-corrected chi connectivity index (χ3v) is 3.16. The van der Waals surface area contributed by atoms with Gasteiger partial charge in [0.05, 0.1) is 13.2 Å². The van der Waals surface area contributed by atoms with Crippen LogP contribution in [0.5, 0.6) is 5.88 Å². The van der Waals surface area contributed by atoms with Gasteiger partial charge in [0.1, 0.15) is 5.69 Å². The lowest BCUT2D eigenvalue weighted by Crippen LogP contribution is -2.23. The lowest BCUT2D eigenvalue weighted by atomic mass is 9.90. The van der Waals surface area contributed by atoms with Gasteiger partial charge in [-0.3, -0.25) is 4.98 Å². The second-order valence-electron chi connectivity index (χ2n) is 4.29. The highest BCUT2D eigenvalue weighted by Gasteiger charge is 2.22. The van der Waals surface area contributed by atoms with Gasteiger partial charge in [0.2, 0.25) is 5.88 Å². The van der Waals surface area contributed by atoms with E-state index in [1.807, 2.05) is 0 Å². The molecule has 2 atom stereocenters. The molecule has 0 bridgehead atoms. The summed E-state index contributed by atoms with van der Waals surface area (Å²) in [6, 6.07) is -0.0878. The maximum atomic E-state index is 6.28. The van der Waals surface area contributed by atoms with Crippen molar-refractivity contribution < 1.29 is 4.74 Å². The maximum Gasteiger partial charge on any atom is 0.236 e. The molecular weight excluding hydrogens is 214 g/mol. The molecule has 4 nitrogen and oxygen atoms in total. The number of rotatable bonds is 7. The average molecular weight is 237 g/mol. The number of ether oxygens (including phenoxy) is 1. The third-order valence-electron chi connectivity index (χ3n) is 3.16. The van der Waals surface area contributed by atoms with Gasteiger partial charge in [0.25, 0.3) is 0 Å². The zero-order chi connectivity index (χ0) is 12.7. The first-order valence-electron chi connectivity index (χ1n) is 6.35. The summed E-state index contributed by atoms with van der Waals surface area (Å²) in [6.45, 7) is 4.37. The largest absolute Gasteiger partial charge is 0.480 e. The summed E-state index contributed by atoms with van der Waals surface area (Å²) in [5.41, 5.74) is 7.06. The number of hydrogen-bond donors (Lipinski definition) is 1. The molecule has 4 heteroatoms. The molecule has 0 aromatic carbocycles. The van der Waals surface area contributed by atoms with Crippen LogP contribution in [0.25, 0.3) is 0 Å². The van der Waals surface area contributed by atoms with Gasteiger partial charge in [-0.2, -0.15) is 0 Å². The standard InChI is InChI=1S/C13H23N3O/c1-4-6-7-10(5-2)11(14)12-13(17-3)16-9-8-15-12/h8-11H,4-7,14H2,1-3H3. The molecule has 0 saturated carbocycles. The lowest BCUT2D eigenvalue weighted by molar-refractivity contribution is 0.342. The Labute approximate surface area is 104 Å². The highest BCUT2D eigenvalue weighted by Crippen LogP contribution is 2.29. The van der Waals surface area contributed by atoms with E-state index in [1.165, 1.54) is 12.8 Å². The Hall–Kier alpha value is -1.16. The van der Waals surface area contributed by atoms with Crippen LogP contribution in [0.3, 0.4) is 0 Å². The molecule has 0 fully saturated rings. The third kappa shape index (κ3) is 3.66.